The Morgan fingerprint density at radius 3 is 2.39 bits per heavy atom. The number of nitrogens with one attached hydrogen (secondary N) is 1. The minimum Gasteiger partial charge on any atom is -0.370 e. The zero-order chi connectivity index (χ0) is 26.0. The van der Waals surface area contributed by atoms with E-state index < -0.39 is 17.3 Å². The lowest BCUT2D eigenvalue weighted by atomic mass is 9.78. The number of amides is 2. The molecule has 1 N–H and O–H groups in total. The summed E-state index contributed by atoms with van der Waals surface area (Å²) >= 11 is 0. The van der Waals surface area contributed by atoms with Gasteiger partial charge in [-0.05, 0) is 61.4 Å². The second-order valence-electron chi connectivity index (χ2n) is 9.57. The van der Waals surface area contributed by atoms with Crippen LogP contribution in [-0.2, 0) is 11.0 Å². The number of anilines is 1. The highest BCUT2D eigenvalue weighted by Crippen LogP contribution is 2.40. The maximum Gasteiger partial charge on any atom is 0.417 e. The first-order valence-electron chi connectivity index (χ1n) is 12.1. The predicted octanol–water partition coefficient (Wildman–Crippen LogP) is 4.24. The highest BCUT2D eigenvalue weighted by atomic mass is 19.4. The number of likely N-dealkylation sites (tertiary alicyclic amines) is 1. The number of hydrogen-bond acceptors (Lipinski definition) is 4. The number of rotatable bonds is 4. The van der Waals surface area contributed by atoms with Gasteiger partial charge in [0.05, 0.1) is 23.1 Å². The summed E-state index contributed by atoms with van der Waals surface area (Å²) in [6.07, 6.45) is -3.19. The quantitative estimate of drug-likeness (QED) is 0.685. The van der Waals surface area contributed by atoms with Crippen molar-refractivity contribution in [2.24, 2.45) is 17.8 Å². The van der Waals surface area contributed by atoms with Crippen LogP contribution in [0.4, 0.5) is 18.9 Å². The standard InChI is InChI=1S/C27H29F3N4O2/c1-17-5-3-4-6-21(17)26(36)33-11-9-18(10-12-33)22-15-34(16-23(22)25(35)32-2)20-8-7-19(14-31)24(13-20)27(28,29)30/h3-8,13,18,22-23H,9-12,15-16H2,1-2H3,(H,32,35)/t22-,23+/m0/s1. The average molecular weight is 499 g/mol. The molecular formula is C27H29F3N4O2. The molecule has 2 atom stereocenters. The molecule has 0 bridgehead atoms. The van der Waals surface area contributed by atoms with Crippen LogP contribution in [0.5, 0.6) is 0 Å². The molecule has 2 fully saturated rings. The summed E-state index contributed by atoms with van der Waals surface area (Å²) in [7, 11) is 1.56. The van der Waals surface area contributed by atoms with E-state index in [-0.39, 0.29) is 29.6 Å². The molecule has 36 heavy (non-hydrogen) atoms. The molecular weight excluding hydrogens is 469 g/mol. The van der Waals surface area contributed by atoms with E-state index in [1.807, 2.05) is 41.0 Å². The number of carbonyl (C=O) groups excluding carboxylic acids is 2. The summed E-state index contributed by atoms with van der Waals surface area (Å²) in [4.78, 5) is 29.4. The van der Waals surface area contributed by atoms with Gasteiger partial charge in [-0.25, -0.2) is 0 Å². The van der Waals surface area contributed by atoms with Crippen LogP contribution in [-0.4, -0.2) is 49.9 Å². The molecule has 0 aromatic heterocycles. The van der Waals surface area contributed by atoms with Gasteiger partial charge in [0.1, 0.15) is 0 Å². The van der Waals surface area contributed by atoms with Crippen molar-refractivity contribution in [1.29, 1.82) is 5.26 Å². The molecule has 2 amide bonds. The van der Waals surface area contributed by atoms with Gasteiger partial charge in [0.2, 0.25) is 5.91 Å². The molecule has 190 valence electrons. The molecule has 0 aliphatic carbocycles. The van der Waals surface area contributed by atoms with Crippen molar-refractivity contribution >= 4 is 17.5 Å². The highest BCUT2D eigenvalue weighted by Gasteiger charge is 2.43. The second kappa shape index (κ2) is 10.2. The van der Waals surface area contributed by atoms with Gasteiger partial charge in [0.15, 0.2) is 0 Å². The van der Waals surface area contributed by atoms with E-state index in [1.165, 1.54) is 12.1 Å². The van der Waals surface area contributed by atoms with Crippen molar-refractivity contribution in [3.63, 3.8) is 0 Å². The van der Waals surface area contributed by atoms with E-state index in [9.17, 15) is 22.8 Å². The monoisotopic (exact) mass is 498 g/mol. The smallest absolute Gasteiger partial charge is 0.370 e. The Morgan fingerprint density at radius 2 is 1.78 bits per heavy atom. The molecule has 2 aromatic rings. The number of aryl methyl sites for hydroxylation is 1. The van der Waals surface area contributed by atoms with Gasteiger partial charge in [-0.2, -0.15) is 18.4 Å². The molecule has 2 saturated heterocycles. The summed E-state index contributed by atoms with van der Waals surface area (Å²) in [5.41, 5.74) is 0.579. The molecule has 2 heterocycles. The van der Waals surface area contributed by atoms with E-state index in [0.29, 0.717) is 37.4 Å². The van der Waals surface area contributed by atoms with Gasteiger partial charge >= 0.3 is 6.18 Å². The van der Waals surface area contributed by atoms with Crippen LogP contribution >= 0.6 is 0 Å². The minimum atomic E-state index is -4.64. The number of piperidine rings is 1. The van der Waals surface area contributed by atoms with Gasteiger partial charge in [-0.1, -0.05) is 18.2 Å². The van der Waals surface area contributed by atoms with Gasteiger partial charge in [0, 0.05) is 44.5 Å². The van der Waals surface area contributed by atoms with Crippen LogP contribution in [0, 0.1) is 36.0 Å². The third-order valence-corrected chi connectivity index (χ3v) is 7.55. The van der Waals surface area contributed by atoms with Crippen LogP contribution in [0.1, 0.15) is 39.9 Å². The van der Waals surface area contributed by atoms with Crippen LogP contribution in [0.3, 0.4) is 0 Å². The summed E-state index contributed by atoms with van der Waals surface area (Å²) in [5.74, 6) is -0.391. The number of nitrogens with zero attached hydrogens (tertiary/aromatic N) is 3. The third-order valence-electron chi connectivity index (χ3n) is 7.55. The molecule has 0 saturated carbocycles. The first-order chi connectivity index (χ1) is 17.1. The number of carbonyl (C=O) groups is 2. The van der Waals surface area contributed by atoms with Gasteiger partial charge in [-0.15, -0.1) is 0 Å². The van der Waals surface area contributed by atoms with Crippen LogP contribution in [0.2, 0.25) is 0 Å². The van der Waals surface area contributed by atoms with Crippen molar-refractivity contribution < 1.29 is 22.8 Å². The molecule has 0 radical (unpaired) electrons. The maximum absolute atomic E-state index is 13.5. The zero-order valence-corrected chi connectivity index (χ0v) is 20.3. The first kappa shape index (κ1) is 25.5. The van der Waals surface area contributed by atoms with Crippen molar-refractivity contribution in [3.05, 3.63) is 64.7 Å². The number of halogens is 3. The molecule has 2 aliphatic heterocycles. The Morgan fingerprint density at radius 1 is 1.08 bits per heavy atom. The molecule has 6 nitrogen and oxygen atoms in total. The topological polar surface area (TPSA) is 76.4 Å². The summed E-state index contributed by atoms with van der Waals surface area (Å²) in [6, 6.07) is 12.8. The Balaban J connectivity index is 1.51. The lowest BCUT2D eigenvalue weighted by Gasteiger charge is -2.36. The molecule has 9 heteroatoms. The van der Waals surface area contributed by atoms with Gasteiger partial charge in [-0.3, -0.25) is 9.59 Å². The number of hydrogen-bond donors (Lipinski definition) is 1. The van der Waals surface area contributed by atoms with E-state index >= 15 is 0 Å². The largest absolute Gasteiger partial charge is 0.417 e. The SMILES string of the molecule is CNC(=O)[C@@H]1CN(c2ccc(C#N)c(C(F)(F)F)c2)C[C@H]1C1CCN(C(=O)c2ccccc2C)CC1. The normalized spacial score (nSPS) is 20.8. The average Bonchev–Trinajstić information content (AvgIpc) is 3.33. The van der Waals surface area contributed by atoms with Crippen molar-refractivity contribution in [2.45, 2.75) is 25.9 Å². The highest BCUT2D eigenvalue weighted by molar-refractivity contribution is 5.95. The van der Waals surface area contributed by atoms with Crippen LogP contribution in [0.15, 0.2) is 42.5 Å². The molecule has 4 rings (SSSR count). The Labute approximate surface area is 208 Å². The molecule has 2 aromatic carbocycles. The van der Waals surface area contributed by atoms with Crippen molar-refractivity contribution in [2.75, 3.05) is 38.1 Å². The van der Waals surface area contributed by atoms with Crippen LogP contribution < -0.4 is 10.2 Å². The minimum absolute atomic E-state index is 0.000266. The van der Waals surface area contributed by atoms with E-state index in [2.05, 4.69) is 5.32 Å². The molecule has 2 aliphatic rings. The maximum atomic E-state index is 13.5. The summed E-state index contributed by atoms with van der Waals surface area (Å²) in [5, 5.41) is 11.8. The Hall–Kier alpha value is -3.54. The molecule has 0 unspecified atom stereocenters. The van der Waals surface area contributed by atoms with Crippen LogP contribution in [0.25, 0.3) is 0 Å². The Bertz CT molecular complexity index is 1180. The van der Waals surface area contributed by atoms with Crippen molar-refractivity contribution in [3.8, 4) is 6.07 Å². The first-order valence-corrected chi connectivity index (χ1v) is 12.1. The fourth-order valence-corrected chi connectivity index (χ4v) is 5.56. The number of nitriles is 1. The van der Waals surface area contributed by atoms with E-state index in [0.717, 1.165) is 24.5 Å². The molecule has 0 spiro atoms. The summed E-state index contributed by atoms with van der Waals surface area (Å²) in [6.45, 7) is 3.80. The lowest BCUT2D eigenvalue weighted by Crippen LogP contribution is -2.43. The predicted molar refractivity (Wildman–Crippen MR) is 129 cm³/mol. The van der Waals surface area contributed by atoms with Gasteiger partial charge in [0.25, 0.3) is 5.91 Å². The number of alkyl halides is 3. The number of benzene rings is 2. The van der Waals surface area contributed by atoms with Crippen molar-refractivity contribution in [1.82, 2.24) is 10.2 Å². The van der Waals surface area contributed by atoms with E-state index in [4.69, 9.17) is 5.26 Å². The van der Waals surface area contributed by atoms with Gasteiger partial charge < -0.3 is 15.1 Å². The summed E-state index contributed by atoms with van der Waals surface area (Å²) < 4.78 is 40.5. The lowest BCUT2D eigenvalue weighted by molar-refractivity contribution is -0.137. The van der Waals surface area contributed by atoms with E-state index in [1.54, 1.807) is 13.1 Å². The third kappa shape index (κ3) is 5.03. The Kier molecular flexibility index (Phi) is 7.25. The zero-order valence-electron chi connectivity index (χ0n) is 20.3. The second-order valence-corrected chi connectivity index (χ2v) is 9.57. The fraction of sp³-hybridized carbons (Fsp3) is 0.444. The fourth-order valence-electron chi connectivity index (χ4n) is 5.56.